The van der Waals surface area contributed by atoms with E-state index in [2.05, 4.69) is 10.1 Å². The van der Waals surface area contributed by atoms with Crippen molar-refractivity contribution in [2.75, 3.05) is 19.3 Å². The Hall–Kier alpha value is -2.63. The molecule has 0 spiro atoms. The molecule has 5 rings (SSSR count). The highest BCUT2D eigenvalue weighted by Crippen LogP contribution is 2.59. The van der Waals surface area contributed by atoms with Crippen LogP contribution in [0.25, 0.3) is 0 Å². The number of rotatable bonds is 6. The number of ether oxygens (including phenoxy) is 1. The molecule has 3 aliphatic rings. The van der Waals surface area contributed by atoms with E-state index in [-0.39, 0.29) is 28.7 Å². The molecule has 1 aromatic heterocycles. The van der Waals surface area contributed by atoms with E-state index in [1.165, 1.54) is 4.90 Å². The molecule has 2 aromatic rings. The SMILES string of the molecule is C[C@@H](Oc1ccc(S(C)(=O)=O)cc1C(=O)N1CC2C[C@]2(c2nc(C3CC3)no2)C1)C(F)(F)F. The molecule has 8 nitrogen and oxygen atoms in total. The molecule has 1 amide bonds. The number of aromatic nitrogens is 2. The first kappa shape index (κ1) is 22.2. The van der Waals surface area contributed by atoms with Crippen LogP contribution in [0.3, 0.4) is 0 Å². The Balaban J connectivity index is 1.42. The van der Waals surface area contributed by atoms with Crippen molar-refractivity contribution in [1.29, 1.82) is 0 Å². The molecular weight excluding hydrogens is 463 g/mol. The average molecular weight is 485 g/mol. The lowest BCUT2D eigenvalue weighted by atomic mass is 10.1. The predicted octanol–water partition coefficient (Wildman–Crippen LogP) is 3.09. The number of hydrogen-bond donors (Lipinski definition) is 0. The third kappa shape index (κ3) is 3.98. The number of likely N-dealkylation sites (tertiary alicyclic amines) is 1. The Morgan fingerprint density at radius 1 is 1.33 bits per heavy atom. The molecular formula is C21H22F3N3O5S. The molecule has 1 aromatic carbocycles. The number of fused-ring (bicyclic) bond motifs is 1. The number of carbonyl (C=O) groups is 1. The minimum atomic E-state index is -4.65. The Bertz CT molecular complexity index is 1220. The van der Waals surface area contributed by atoms with Crippen LogP contribution in [0.4, 0.5) is 13.2 Å². The number of piperidine rings is 1. The number of amides is 1. The fraction of sp³-hybridized carbons (Fsp3) is 0.571. The highest BCUT2D eigenvalue weighted by Gasteiger charge is 2.65. The summed E-state index contributed by atoms with van der Waals surface area (Å²) in [6.45, 7) is 1.45. The van der Waals surface area contributed by atoms with Crippen LogP contribution in [0, 0.1) is 5.92 Å². The smallest absolute Gasteiger partial charge is 0.425 e. The minimum absolute atomic E-state index is 0.102. The zero-order valence-electron chi connectivity index (χ0n) is 17.9. The van der Waals surface area contributed by atoms with Gasteiger partial charge in [-0.05, 0) is 50.3 Å². The van der Waals surface area contributed by atoms with Crippen LogP contribution in [0.1, 0.15) is 54.2 Å². The maximum absolute atomic E-state index is 13.3. The van der Waals surface area contributed by atoms with Crippen molar-refractivity contribution in [3.05, 3.63) is 35.5 Å². The highest BCUT2D eigenvalue weighted by atomic mass is 32.2. The van der Waals surface area contributed by atoms with Gasteiger partial charge in [0.25, 0.3) is 5.91 Å². The monoisotopic (exact) mass is 485 g/mol. The van der Waals surface area contributed by atoms with Gasteiger partial charge in [0.2, 0.25) is 5.89 Å². The largest absolute Gasteiger partial charge is 0.480 e. The van der Waals surface area contributed by atoms with Crippen molar-refractivity contribution in [1.82, 2.24) is 15.0 Å². The summed E-state index contributed by atoms with van der Waals surface area (Å²) in [4.78, 5) is 19.2. The van der Waals surface area contributed by atoms with Gasteiger partial charge in [0, 0.05) is 25.3 Å². The van der Waals surface area contributed by atoms with Crippen molar-refractivity contribution in [2.45, 2.75) is 54.7 Å². The first-order chi connectivity index (χ1) is 15.4. The van der Waals surface area contributed by atoms with Gasteiger partial charge in [-0.3, -0.25) is 4.79 Å². The minimum Gasteiger partial charge on any atom is -0.480 e. The highest BCUT2D eigenvalue weighted by molar-refractivity contribution is 7.90. The second kappa shape index (κ2) is 7.18. The fourth-order valence-electron chi connectivity index (χ4n) is 4.35. The third-order valence-corrected chi connectivity index (χ3v) is 7.73. The average Bonchev–Trinajstić information content (AvgIpc) is 3.61. The van der Waals surface area contributed by atoms with Crippen LogP contribution in [-0.4, -0.2) is 61.0 Å². The maximum atomic E-state index is 13.3. The molecule has 2 heterocycles. The van der Waals surface area contributed by atoms with Gasteiger partial charge in [-0.1, -0.05) is 5.16 Å². The van der Waals surface area contributed by atoms with Crippen molar-refractivity contribution < 1.29 is 35.6 Å². The van der Waals surface area contributed by atoms with Crippen LogP contribution in [0.2, 0.25) is 0 Å². The van der Waals surface area contributed by atoms with Crippen LogP contribution in [0.5, 0.6) is 5.75 Å². The van der Waals surface area contributed by atoms with Crippen molar-refractivity contribution >= 4 is 15.7 Å². The molecule has 33 heavy (non-hydrogen) atoms. The van der Waals surface area contributed by atoms with E-state index in [1.807, 2.05) is 0 Å². The van der Waals surface area contributed by atoms with Crippen molar-refractivity contribution in [3.63, 3.8) is 0 Å². The molecule has 1 saturated heterocycles. The van der Waals surface area contributed by atoms with Crippen LogP contribution in [0.15, 0.2) is 27.6 Å². The first-order valence-electron chi connectivity index (χ1n) is 10.6. The maximum Gasteiger partial charge on any atom is 0.425 e. The number of alkyl halides is 3. The van der Waals surface area contributed by atoms with E-state index in [1.54, 1.807) is 0 Å². The van der Waals surface area contributed by atoms with Gasteiger partial charge in [0.15, 0.2) is 21.8 Å². The van der Waals surface area contributed by atoms with E-state index >= 15 is 0 Å². The lowest BCUT2D eigenvalue weighted by Gasteiger charge is -2.23. The van der Waals surface area contributed by atoms with Gasteiger partial charge < -0.3 is 14.2 Å². The summed E-state index contributed by atoms with van der Waals surface area (Å²) in [6, 6.07) is 3.30. The number of benzene rings is 1. The molecule has 0 bridgehead atoms. The quantitative estimate of drug-likeness (QED) is 0.620. The second-order valence-corrected chi connectivity index (χ2v) is 11.2. The van der Waals surface area contributed by atoms with E-state index in [4.69, 9.17) is 9.26 Å². The van der Waals surface area contributed by atoms with E-state index in [0.29, 0.717) is 24.2 Å². The van der Waals surface area contributed by atoms with Gasteiger partial charge in [-0.2, -0.15) is 18.2 Å². The van der Waals surface area contributed by atoms with E-state index in [0.717, 1.165) is 50.6 Å². The summed E-state index contributed by atoms with van der Waals surface area (Å²) >= 11 is 0. The van der Waals surface area contributed by atoms with Crippen LogP contribution >= 0.6 is 0 Å². The van der Waals surface area contributed by atoms with Gasteiger partial charge in [-0.25, -0.2) is 8.42 Å². The summed E-state index contributed by atoms with van der Waals surface area (Å²) < 4.78 is 73.7. The number of nitrogens with zero attached hydrogens (tertiary/aromatic N) is 3. The summed E-state index contributed by atoms with van der Waals surface area (Å²) in [5.74, 6) is 0.665. The normalized spacial score (nSPS) is 25.6. The first-order valence-corrected chi connectivity index (χ1v) is 12.5. The lowest BCUT2D eigenvalue weighted by Crippen LogP contribution is -2.35. The van der Waals surface area contributed by atoms with E-state index < -0.39 is 33.4 Å². The third-order valence-electron chi connectivity index (χ3n) is 6.62. The number of carbonyl (C=O) groups excluding carboxylic acids is 1. The summed E-state index contributed by atoms with van der Waals surface area (Å²) in [6.07, 6.45) is -3.03. The summed E-state index contributed by atoms with van der Waals surface area (Å²) in [5.41, 5.74) is -0.681. The molecule has 1 unspecified atom stereocenters. The molecule has 12 heteroatoms. The number of sulfone groups is 1. The van der Waals surface area contributed by atoms with Crippen LogP contribution in [-0.2, 0) is 15.3 Å². The van der Waals surface area contributed by atoms with E-state index in [9.17, 15) is 26.4 Å². The molecule has 0 radical (unpaired) electrons. The van der Waals surface area contributed by atoms with Gasteiger partial charge in [-0.15, -0.1) is 0 Å². The Morgan fingerprint density at radius 3 is 2.70 bits per heavy atom. The zero-order valence-corrected chi connectivity index (χ0v) is 18.7. The number of hydrogen-bond acceptors (Lipinski definition) is 7. The lowest BCUT2D eigenvalue weighted by molar-refractivity contribution is -0.189. The molecule has 178 valence electrons. The second-order valence-electron chi connectivity index (χ2n) is 9.21. The summed E-state index contributed by atoms with van der Waals surface area (Å²) in [7, 11) is -3.69. The standard InChI is InChI=1S/C21H22F3N3O5S/c1-11(21(22,23)24)31-16-6-5-14(33(2,29)30)7-15(16)18(28)27-9-13-8-20(13,10-27)19-25-17(26-32-19)12-3-4-12/h5-7,11-13H,3-4,8-10H2,1-2H3/t11-,13?,20+/m1/s1. The van der Waals surface area contributed by atoms with Crippen molar-refractivity contribution in [3.8, 4) is 5.75 Å². The van der Waals surface area contributed by atoms with Gasteiger partial charge in [0.1, 0.15) is 5.75 Å². The Labute approximate surface area is 188 Å². The zero-order chi connectivity index (χ0) is 23.8. The molecule has 2 aliphatic carbocycles. The molecule has 0 N–H and O–H groups in total. The van der Waals surface area contributed by atoms with Gasteiger partial charge in [0.05, 0.1) is 15.9 Å². The molecule has 3 fully saturated rings. The molecule has 3 atom stereocenters. The predicted molar refractivity (Wildman–Crippen MR) is 108 cm³/mol. The Morgan fingerprint density at radius 2 is 2.06 bits per heavy atom. The van der Waals surface area contributed by atoms with Gasteiger partial charge >= 0.3 is 6.18 Å². The molecule has 2 saturated carbocycles. The fourth-order valence-corrected chi connectivity index (χ4v) is 5.00. The molecule has 1 aliphatic heterocycles. The summed E-state index contributed by atoms with van der Waals surface area (Å²) in [5, 5.41) is 4.05. The topological polar surface area (TPSA) is 103 Å². The van der Waals surface area contributed by atoms with Crippen molar-refractivity contribution in [2.24, 2.45) is 5.92 Å². The van der Waals surface area contributed by atoms with Crippen LogP contribution < -0.4 is 4.74 Å². The Kier molecular flexibility index (Phi) is 4.83. The number of halogens is 3.